The summed E-state index contributed by atoms with van der Waals surface area (Å²) in [6, 6.07) is 6.40. The van der Waals surface area contributed by atoms with E-state index in [2.05, 4.69) is 20.2 Å². The summed E-state index contributed by atoms with van der Waals surface area (Å²) in [5, 5.41) is 6.52. The molecule has 1 aromatic carbocycles. The first-order valence-electron chi connectivity index (χ1n) is 5.22. The zero-order valence-electron chi connectivity index (χ0n) is 9.56. The minimum Gasteiger partial charge on any atom is -0.433 e. The van der Waals surface area contributed by atoms with Crippen molar-refractivity contribution >= 4 is 5.69 Å². The summed E-state index contributed by atoms with van der Waals surface area (Å²) in [4.78, 5) is 3.99. The smallest absolute Gasteiger partial charge is 0.387 e. The molecule has 0 atom stereocenters. The van der Waals surface area contributed by atoms with E-state index in [4.69, 9.17) is 4.52 Å². The zero-order chi connectivity index (χ0) is 13.0. The number of nitrogens with zero attached hydrogens (tertiary/aromatic N) is 2. The maximum atomic E-state index is 12.2. The second-order valence-corrected chi connectivity index (χ2v) is 3.46. The fourth-order valence-electron chi connectivity index (χ4n) is 1.39. The fourth-order valence-corrected chi connectivity index (χ4v) is 1.39. The van der Waals surface area contributed by atoms with Gasteiger partial charge in [-0.3, -0.25) is 0 Å². The van der Waals surface area contributed by atoms with Crippen molar-refractivity contribution in [3.05, 3.63) is 36.0 Å². The van der Waals surface area contributed by atoms with Crippen LogP contribution in [0.2, 0.25) is 0 Å². The summed E-state index contributed by atoms with van der Waals surface area (Å²) in [7, 11) is 0. The molecule has 0 bridgehead atoms. The molecule has 2 aromatic rings. The van der Waals surface area contributed by atoms with Crippen LogP contribution in [0.15, 0.2) is 28.8 Å². The highest BCUT2D eigenvalue weighted by Crippen LogP contribution is 2.25. The highest BCUT2D eigenvalue weighted by atomic mass is 19.3. The Hall–Kier alpha value is -2.18. The molecule has 0 aliphatic rings. The monoisotopic (exact) mass is 255 g/mol. The van der Waals surface area contributed by atoms with Crippen molar-refractivity contribution in [2.24, 2.45) is 0 Å². The van der Waals surface area contributed by atoms with Gasteiger partial charge in [0.05, 0.1) is 12.2 Å². The Balaban J connectivity index is 2.04. The average Bonchev–Trinajstić information content (AvgIpc) is 2.73. The highest BCUT2D eigenvalue weighted by molar-refractivity contribution is 5.56. The van der Waals surface area contributed by atoms with E-state index in [0.29, 0.717) is 17.4 Å². The van der Waals surface area contributed by atoms with Crippen molar-refractivity contribution in [3.8, 4) is 5.75 Å². The van der Waals surface area contributed by atoms with E-state index in [9.17, 15) is 8.78 Å². The van der Waals surface area contributed by atoms with E-state index in [1.54, 1.807) is 25.1 Å². The normalized spacial score (nSPS) is 10.7. The van der Waals surface area contributed by atoms with Crippen LogP contribution in [0.5, 0.6) is 5.75 Å². The number of hydrogen-bond donors (Lipinski definition) is 1. The van der Waals surface area contributed by atoms with Crippen LogP contribution in [0.25, 0.3) is 0 Å². The first-order chi connectivity index (χ1) is 8.65. The van der Waals surface area contributed by atoms with Gasteiger partial charge >= 0.3 is 6.61 Å². The predicted molar refractivity (Wildman–Crippen MR) is 59.4 cm³/mol. The second kappa shape index (κ2) is 5.44. The highest BCUT2D eigenvalue weighted by Gasteiger charge is 2.09. The van der Waals surface area contributed by atoms with Gasteiger partial charge in [-0.05, 0) is 19.1 Å². The molecule has 1 aromatic heterocycles. The van der Waals surface area contributed by atoms with Crippen LogP contribution < -0.4 is 10.1 Å². The molecule has 0 aliphatic heterocycles. The van der Waals surface area contributed by atoms with E-state index < -0.39 is 6.61 Å². The van der Waals surface area contributed by atoms with Crippen LogP contribution in [0.4, 0.5) is 14.5 Å². The summed E-state index contributed by atoms with van der Waals surface area (Å²) in [6.45, 7) is -0.927. The number of aromatic nitrogens is 2. The second-order valence-electron chi connectivity index (χ2n) is 3.46. The number of halogens is 2. The van der Waals surface area contributed by atoms with Gasteiger partial charge in [-0.1, -0.05) is 17.3 Å². The Bertz CT molecular complexity index is 516. The summed E-state index contributed by atoms with van der Waals surface area (Å²) >= 11 is 0. The van der Waals surface area contributed by atoms with Gasteiger partial charge in [0.1, 0.15) is 5.75 Å². The van der Waals surface area contributed by atoms with Crippen LogP contribution in [0, 0.1) is 6.92 Å². The first kappa shape index (κ1) is 12.3. The molecule has 2 rings (SSSR count). The third kappa shape index (κ3) is 3.16. The molecule has 18 heavy (non-hydrogen) atoms. The predicted octanol–water partition coefficient (Wildman–Crippen LogP) is 2.59. The third-order valence-electron chi connectivity index (χ3n) is 2.10. The molecular weight excluding hydrogens is 244 g/mol. The van der Waals surface area contributed by atoms with E-state index in [1.807, 2.05) is 0 Å². The van der Waals surface area contributed by atoms with E-state index in [-0.39, 0.29) is 12.3 Å². The summed E-state index contributed by atoms with van der Waals surface area (Å²) < 4.78 is 33.6. The van der Waals surface area contributed by atoms with E-state index in [0.717, 1.165) is 0 Å². The van der Waals surface area contributed by atoms with Gasteiger partial charge in [0.2, 0.25) is 5.89 Å². The van der Waals surface area contributed by atoms with Gasteiger partial charge in [-0.2, -0.15) is 13.8 Å². The first-order valence-corrected chi connectivity index (χ1v) is 5.22. The van der Waals surface area contributed by atoms with Gasteiger partial charge in [0.15, 0.2) is 5.82 Å². The molecular formula is C11H11F2N3O2. The lowest BCUT2D eigenvalue weighted by Crippen LogP contribution is -2.06. The molecule has 0 saturated carbocycles. The summed E-state index contributed by atoms with van der Waals surface area (Å²) in [6.07, 6.45) is 0. The minimum absolute atomic E-state index is 0.0729. The van der Waals surface area contributed by atoms with Crippen molar-refractivity contribution in [1.82, 2.24) is 10.1 Å². The molecule has 1 N–H and O–H groups in total. The Kier molecular flexibility index (Phi) is 3.71. The Morgan fingerprint density at radius 1 is 1.39 bits per heavy atom. The number of para-hydroxylation sites is 2. The number of benzene rings is 1. The third-order valence-corrected chi connectivity index (χ3v) is 2.10. The van der Waals surface area contributed by atoms with Crippen LogP contribution >= 0.6 is 0 Å². The Morgan fingerprint density at radius 2 is 2.17 bits per heavy atom. The summed E-state index contributed by atoms with van der Waals surface area (Å²) in [5.41, 5.74) is 0.439. The average molecular weight is 255 g/mol. The van der Waals surface area contributed by atoms with Crippen molar-refractivity contribution in [1.29, 1.82) is 0 Å². The molecule has 0 spiro atoms. The van der Waals surface area contributed by atoms with Gasteiger partial charge < -0.3 is 14.6 Å². The van der Waals surface area contributed by atoms with Crippen molar-refractivity contribution in [3.63, 3.8) is 0 Å². The lowest BCUT2D eigenvalue weighted by Gasteiger charge is -2.10. The molecule has 5 nitrogen and oxygen atoms in total. The molecule has 1 heterocycles. The lowest BCUT2D eigenvalue weighted by molar-refractivity contribution is -0.0493. The number of aryl methyl sites for hydroxylation is 1. The number of anilines is 1. The van der Waals surface area contributed by atoms with Crippen molar-refractivity contribution < 1.29 is 18.0 Å². The van der Waals surface area contributed by atoms with Crippen molar-refractivity contribution in [2.45, 2.75) is 20.1 Å². The molecule has 96 valence electrons. The molecule has 0 fully saturated rings. The maximum absolute atomic E-state index is 12.2. The van der Waals surface area contributed by atoms with Gasteiger partial charge in [0.25, 0.3) is 0 Å². The lowest BCUT2D eigenvalue weighted by atomic mass is 10.3. The van der Waals surface area contributed by atoms with Crippen LogP contribution in [-0.2, 0) is 6.54 Å². The van der Waals surface area contributed by atoms with Crippen LogP contribution in [0.1, 0.15) is 11.7 Å². The van der Waals surface area contributed by atoms with Gasteiger partial charge in [0, 0.05) is 0 Å². The molecule has 0 amide bonds. The Morgan fingerprint density at radius 3 is 2.83 bits per heavy atom. The van der Waals surface area contributed by atoms with Gasteiger partial charge in [-0.15, -0.1) is 0 Å². The van der Waals surface area contributed by atoms with Crippen molar-refractivity contribution in [2.75, 3.05) is 5.32 Å². The molecule has 0 saturated heterocycles. The summed E-state index contributed by atoms with van der Waals surface area (Å²) in [5.74, 6) is 0.965. The molecule has 7 heteroatoms. The topological polar surface area (TPSA) is 60.2 Å². The molecule has 0 unspecified atom stereocenters. The maximum Gasteiger partial charge on any atom is 0.387 e. The van der Waals surface area contributed by atoms with E-state index >= 15 is 0 Å². The minimum atomic E-state index is -2.86. The standard InChI is InChI=1S/C11H11F2N3O2/c1-7-15-10(18-16-7)6-14-8-4-2-3-5-9(8)17-11(12)13/h2-5,11,14H,6H2,1H3. The number of nitrogens with one attached hydrogen (secondary N) is 1. The zero-order valence-corrected chi connectivity index (χ0v) is 9.56. The Labute approximate surface area is 102 Å². The van der Waals surface area contributed by atoms with Gasteiger partial charge in [-0.25, -0.2) is 0 Å². The number of ether oxygens (including phenoxy) is 1. The number of rotatable bonds is 5. The molecule has 0 aliphatic carbocycles. The SMILES string of the molecule is Cc1noc(CNc2ccccc2OC(F)F)n1. The number of hydrogen-bond acceptors (Lipinski definition) is 5. The van der Waals surface area contributed by atoms with Crippen LogP contribution in [-0.4, -0.2) is 16.8 Å². The largest absolute Gasteiger partial charge is 0.433 e. The number of alkyl halides is 2. The fraction of sp³-hybridized carbons (Fsp3) is 0.273. The van der Waals surface area contributed by atoms with Crippen LogP contribution in [0.3, 0.4) is 0 Å². The quantitative estimate of drug-likeness (QED) is 0.889. The molecule has 0 radical (unpaired) electrons. The van der Waals surface area contributed by atoms with E-state index in [1.165, 1.54) is 6.07 Å².